The predicted molar refractivity (Wildman–Crippen MR) is 81.7 cm³/mol. The van der Waals surface area contributed by atoms with E-state index in [0.29, 0.717) is 25.3 Å². The molecule has 0 radical (unpaired) electrons. The van der Waals surface area contributed by atoms with E-state index in [1.54, 1.807) is 25.2 Å². The molecule has 1 aliphatic rings. The summed E-state index contributed by atoms with van der Waals surface area (Å²) in [5, 5.41) is 26.5. The third-order valence-electron chi connectivity index (χ3n) is 3.74. The first-order chi connectivity index (χ1) is 10.5. The van der Waals surface area contributed by atoms with Crippen molar-refractivity contribution in [2.75, 3.05) is 38.1 Å². The predicted octanol–water partition coefficient (Wildman–Crippen LogP) is -0.272. The normalized spacial score (nSPS) is 20.6. The van der Waals surface area contributed by atoms with Crippen LogP contribution in [-0.2, 0) is 4.79 Å². The topological polar surface area (TPSA) is 108 Å². The minimum Gasteiger partial charge on any atom is -0.391 e. The molecule has 22 heavy (non-hydrogen) atoms. The van der Waals surface area contributed by atoms with E-state index in [0.717, 1.165) is 0 Å². The average Bonchev–Trinajstić information content (AvgIpc) is 2.90. The number of nitro groups is 1. The highest BCUT2D eigenvalue weighted by Gasteiger charge is 2.25. The summed E-state index contributed by atoms with van der Waals surface area (Å²) in [6.07, 6.45) is -0.451. The molecule has 2 unspecified atom stereocenters. The van der Waals surface area contributed by atoms with E-state index >= 15 is 0 Å². The summed E-state index contributed by atoms with van der Waals surface area (Å²) in [6, 6.07) is 6.29. The Morgan fingerprint density at radius 1 is 1.50 bits per heavy atom. The Morgan fingerprint density at radius 2 is 2.23 bits per heavy atom. The largest absolute Gasteiger partial charge is 0.391 e. The summed E-state index contributed by atoms with van der Waals surface area (Å²) >= 11 is 0. The molecule has 8 heteroatoms. The van der Waals surface area contributed by atoms with Crippen molar-refractivity contribution in [1.82, 2.24) is 10.6 Å². The van der Waals surface area contributed by atoms with Gasteiger partial charge in [0.25, 0.3) is 5.69 Å². The van der Waals surface area contributed by atoms with Crippen molar-refractivity contribution in [1.29, 1.82) is 0 Å². The van der Waals surface area contributed by atoms with Gasteiger partial charge < -0.3 is 20.6 Å². The van der Waals surface area contributed by atoms with Gasteiger partial charge in [0.1, 0.15) is 5.69 Å². The van der Waals surface area contributed by atoms with Crippen LogP contribution in [0.1, 0.15) is 0 Å². The van der Waals surface area contributed by atoms with E-state index in [1.165, 1.54) is 11.0 Å². The molecule has 1 aromatic carbocycles. The Hall–Kier alpha value is -2.19. The second-order valence-corrected chi connectivity index (χ2v) is 5.39. The molecule has 3 N–H and O–H groups in total. The number of benzene rings is 1. The summed E-state index contributed by atoms with van der Waals surface area (Å²) in [4.78, 5) is 24.0. The quantitative estimate of drug-likeness (QED) is 0.493. The van der Waals surface area contributed by atoms with Gasteiger partial charge in [-0.15, -0.1) is 0 Å². The molecule has 0 aliphatic carbocycles. The van der Waals surface area contributed by atoms with Gasteiger partial charge in [-0.25, -0.2) is 0 Å². The smallest absolute Gasteiger partial charge is 0.292 e. The number of nitrogens with zero attached hydrogens (tertiary/aromatic N) is 2. The maximum absolute atomic E-state index is 11.9. The van der Waals surface area contributed by atoms with Crippen LogP contribution in [0.2, 0.25) is 0 Å². The Kier molecular flexibility index (Phi) is 5.29. The molecule has 1 amide bonds. The van der Waals surface area contributed by atoms with Crippen molar-refractivity contribution in [3.05, 3.63) is 34.4 Å². The van der Waals surface area contributed by atoms with Crippen LogP contribution < -0.4 is 15.5 Å². The number of hydrogen-bond donors (Lipinski definition) is 3. The van der Waals surface area contributed by atoms with Gasteiger partial charge in [0.05, 0.1) is 17.6 Å². The Balaban J connectivity index is 1.90. The first kappa shape index (κ1) is 16.2. The molecule has 1 aromatic rings. The zero-order valence-electron chi connectivity index (χ0n) is 12.4. The van der Waals surface area contributed by atoms with Crippen molar-refractivity contribution >= 4 is 17.3 Å². The summed E-state index contributed by atoms with van der Waals surface area (Å²) in [6.45, 7) is 1.61. The van der Waals surface area contributed by atoms with E-state index in [2.05, 4.69) is 10.6 Å². The Bertz CT molecular complexity index is 551. The lowest BCUT2D eigenvalue weighted by Gasteiger charge is -2.20. The molecular formula is C14H20N4O4. The van der Waals surface area contributed by atoms with Gasteiger partial charge in [-0.3, -0.25) is 14.9 Å². The second-order valence-electron chi connectivity index (χ2n) is 5.39. The number of para-hydroxylation sites is 2. The van der Waals surface area contributed by atoms with Gasteiger partial charge in [-0.2, -0.15) is 0 Å². The first-order valence-electron chi connectivity index (χ1n) is 7.09. The maximum Gasteiger partial charge on any atom is 0.292 e. The number of nitro benzene ring substituents is 1. The van der Waals surface area contributed by atoms with E-state index in [-0.39, 0.29) is 24.1 Å². The Labute approximate surface area is 128 Å². The van der Waals surface area contributed by atoms with E-state index in [9.17, 15) is 20.0 Å². The number of carbonyl (C=O) groups excluding carboxylic acids is 1. The molecular weight excluding hydrogens is 288 g/mol. The average molecular weight is 308 g/mol. The van der Waals surface area contributed by atoms with Crippen LogP contribution in [0.15, 0.2) is 24.3 Å². The van der Waals surface area contributed by atoms with Crippen LogP contribution in [-0.4, -0.2) is 55.3 Å². The van der Waals surface area contributed by atoms with Crippen molar-refractivity contribution in [3.8, 4) is 0 Å². The zero-order chi connectivity index (χ0) is 16.1. The van der Waals surface area contributed by atoms with E-state index in [1.807, 2.05) is 0 Å². The van der Waals surface area contributed by atoms with Crippen molar-refractivity contribution in [2.24, 2.45) is 5.92 Å². The fourth-order valence-electron chi connectivity index (χ4n) is 2.47. The Morgan fingerprint density at radius 3 is 2.86 bits per heavy atom. The highest BCUT2D eigenvalue weighted by Crippen LogP contribution is 2.26. The van der Waals surface area contributed by atoms with E-state index < -0.39 is 11.0 Å². The monoisotopic (exact) mass is 308 g/mol. The lowest BCUT2D eigenvalue weighted by molar-refractivity contribution is -0.384. The maximum atomic E-state index is 11.9. The number of nitrogens with one attached hydrogen (secondary N) is 2. The minimum absolute atomic E-state index is 0.000294. The van der Waals surface area contributed by atoms with Crippen LogP contribution in [0, 0.1) is 16.0 Å². The summed E-state index contributed by atoms with van der Waals surface area (Å²) in [5.74, 6) is -0.236. The molecule has 0 bridgehead atoms. The number of β-amino-alcohol motifs (C(OH)–C–C–N with tert-alkyl or cyclic N) is 1. The first-order valence-corrected chi connectivity index (χ1v) is 7.09. The standard InChI is InChI=1S/C14H20N4O4/c1-17(11-4-2-3-5-12(11)18(21)22)9-14(20)16-7-10-6-15-8-13(10)19/h2-5,10,13,15,19H,6-9H2,1H3,(H,16,20). The fourth-order valence-corrected chi connectivity index (χ4v) is 2.47. The number of rotatable bonds is 6. The zero-order valence-corrected chi connectivity index (χ0v) is 12.4. The number of aliphatic hydroxyl groups excluding tert-OH is 1. The van der Waals surface area contributed by atoms with Crippen LogP contribution in [0.3, 0.4) is 0 Å². The number of hydrogen-bond acceptors (Lipinski definition) is 6. The summed E-state index contributed by atoms with van der Waals surface area (Å²) in [5.41, 5.74) is 0.360. The van der Waals surface area contributed by atoms with Gasteiger partial charge >= 0.3 is 0 Å². The fraction of sp³-hybridized carbons (Fsp3) is 0.500. The molecule has 1 saturated heterocycles. The van der Waals surface area contributed by atoms with Crippen molar-refractivity contribution < 1.29 is 14.8 Å². The third kappa shape index (κ3) is 3.92. The lowest BCUT2D eigenvalue weighted by Crippen LogP contribution is -2.40. The molecule has 0 saturated carbocycles. The highest BCUT2D eigenvalue weighted by atomic mass is 16.6. The molecule has 120 valence electrons. The number of aliphatic hydroxyl groups is 1. The molecule has 2 atom stereocenters. The number of anilines is 1. The third-order valence-corrected chi connectivity index (χ3v) is 3.74. The highest BCUT2D eigenvalue weighted by molar-refractivity contribution is 5.82. The molecule has 2 rings (SSSR count). The molecule has 1 heterocycles. The SMILES string of the molecule is CN(CC(=O)NCC1CNCC1O)c1ccccc1[N+](=O)[O-]. The number of amides is 1. The van der Waals surface area contributed by atoms with Crippen molar-refractivity contribution in [3.63, 3.8) is 0 Å². The lowest BCUT2D eigenvalue weighted by atomic mass is 10.1. The summed E-state index contributed by atoms with van der Waals surface area (Å²) in [7, 11) is 1.63. The van der Waals surface area contributed by atoms with Crippen LogP contribution in [0.25, 0.3) is 0 Å². The number of carbonyl (C=O) groups is 1. The second kappa shape index (κ2) is 7.19. The summed E-state index contributed by atoms with van der Waals surface area (Å²) < 4.78 is 0. The van der Waals surface area contributed by atoms with Gasteiger partial charge in [-0.1, -0.05) is 12.1 Å². The van der Waals surface area contributed by atoms with Gasteiger partial charge in [0.2, 0.25) is 5.91 Å². The molecule has 0 spiro atoms. The molecule has 1 aliphatic heterocycles. The van der Waals surface area contributed by atoms with Crippen molar-refractivity contribution in [2.45, 2.75) is 6.10 Å². The molecule has 1 fully saturated rings. The minimum atomic E-state index is -0.468. The molecule has 8 nitrogen and oxygen atoms in total. The van der Waals surface area contributed by atoms with Crippen LogP contribution >= 0.6 is 0 Å². The van der Waals surface area contributed by atoms with Gasteiger partial charge in [-0.05, 0) is 6.07 Å². The van der Waals surface area contributed by atoms with Gasteiger partial charge in [0.15, 0.2) is 0 Å². The van der Waals surface area contributed by atoms with Gasteiger partial charge in [0, 0.05) is 38.7 Å². The van der Waals surface area contributed by atoms with Crippen LogP contribution in [0.4, 0.5) is 11.4 Å². The molecule has 0 aromatic heterocycles. The number of likely N-dealkylation sites (N-methyl/N-ethyl adjacent to an activating group) is 1. The van der Waals surface area contributed by atoms with Crippen LogP contribution in [0.5, 0.6) is 0 Å². The van der Waals surface area contributed by atoms with E-state index in [4.69, 9.17) is 0 Å².